The minimum Gasteiger partial charge on any atom is -0.312 e. The van der Waals surface area contributed by atoms with E-state index < -0.39 is 0 Å². The van der Waals surface area contributed by atoms with Gasteiger partial charge in [0.05, 0.1) is 12.2 Å². The molecule has 1 fully saturated rings. The van der Waals surface area contributed by atoms with E-state index in [1.165, 1.54) is 4.90 Å². The highest BCUT2D eigenvalue weighted by molar-refractivity contribution is 7.99. The summed E-state index contributed by atoms with van der Waals surface area (Å²) < 4.78 is 0. The first-order valence-corrected chi connectivity index (χ1v) is 8.20. The van der Waals surface area contributed by atoms with Crippen LogP contribution in [0.25, 0.3) is 0 Å². The lowest BCUT2D eigenvalue weighted by Gasteiger charge is -2.34. The number of hydrogen-bond acceptors (Lipinski definition) is 4. The molecule has 0 spiro atoms. The molecule has 0 radical (unpaired) electrons. The molecule has 2 heterocycles. The normalized spacial score (nSPS) is 22.3. The van der Waals surface area contributed by atoms with E-state index in [0.29, 0.717) is 12.6 Å². The molecule has 0 aromatic heterocycles. The molecule has 1 atom stereocenters. The third kappa shape index (κ3) is 3.92. The first-order chi connectivity index (χ1) is 9.74. The topological polar surface area (TPSA) is 35.6 Å². The maximum Gasteiger partial charge on any atom is 0.241 e. The molecule has 0 aliphatic carbocycles. The molecular formula is C15H22ClN3OS. The van der Waals surface area contributed by atoms with Crippen LogP contribution in [0.5, 0.6) is 0 Å². The monoisotopic (exact) mass is 327 g/mol. The van der Waals surface area contributed by atoms with E-state index in [9.17, 15) is 4.79 Å². The lowest BCUT2D eigenvalue weighted by atomic mass is 10.2. The summed E-state index contributed by atoms with van der Waals surface area (Å²) in [4.78, 5) is 18.0. The molecule has 116 valence electrons. The second-order valence-electron chi connectivity index (χ2n) is 5.45. The Morgan fingerprint density at radius 3 is 3.00 bits per heavy atom. The average molecular weight is 328 g/mol. The van der Waals surface area contributed by atoms with E-state index in [1.54, 1.807) is 0 Å². The largest absolute Gasteiger partial charge is 0.312 e. The maximum absolute atomic E-state index is 12.6. The Morgan fingerprint density at radius 2 is 2.19 bits per heavy atom. The summed E-state index contributed by atoms with van der Waals surface area (Å²) in [6, 6.07) is 8.68. The first kappa shape index (κ1) is 16.6. The molecule has 1 amide bonds. The fourth-order valence-corrected chi connectivity index (χ4v) is 3.86. The zero-order valence-corrected chi connectivity index (χ0v) is 13.9. The van der Waals surface area contributed by atoms with Crippen molar-refractivity contribution >= 4 is 35.8 Å². The van der Waals surface area contributed by atoms with Gasteiger partial charge in [0.25, 0.3) is 0 Å². The van der Waals surface area contributed by atoms with E-state index in [1.807, 2.05) is 28.8 Å². The lowest BCUT2D eigenvalue weighted by Crippen LogP contribution is -2.52. The first-order valence-electron chi connectivity index (χ1n) is 7.22. The van der Waals surface area contributed by atoms with Crippen molar-refractivity contribution in [2.75, 3.05) is 43.4 Å². The van der Waals surface area contributed by atoms with Crippen molar-refractivity contribution < 1.29 is 4.79 Å². The second-order valence-corrected chi connectivity index (χ2v) is 6.59. The second kappa shape index (κ2) is 7.49. The number of para-hydroxylation sites is 1. The summed E-state index contributed by atoms with van der Waals surface area (Å²) in [6.45, 7) is 6.41. The Labute approximate surface area is 136 Å². The molecule has 0 saturated carbocycles. The Balaban J connectivity index is 0.00000161. The van der Waals surface area contributed by atoms with Gasteiger partial charge in [-0.2, -0.15) is 0 Å². The summed E-state index contributed by atoms with van der Waals surface area (Å²) in [5.41, 5.74) is 1.08. The molecular weight excluding hydrogens is 306 g/mol. The van der Waals surface area contributed by atoms with Crippen LogP contribution in [0.3, 0.4) is 0 Å². The number of thioether (sulfide) groups is 1. The van der Waals surface area contributed by atoms with Crippen LogP contribution >= 0.6 is 24.2 Å². The molecule has 6 heteroatoms. The molecule has 1 saturated heterocycles. The van der Waals surface area contributed by atoms with Crippen LogP contribution in [0.15, 0.2) is 29.2 Å². The highest BCUT2D eigenvalue weighted by Gasteiger charge is 2.25. The van der Waals surface area contributed by atoms with Crippen LogP contribution in [-0.2, 0) is 4.79 Å². The van der Waals surface area contributed by atoms with Crippen LogP contribution in [0, 0.1) is 0 Å². The van der Waals surface area contributed by atoms with Gasteiger partial charge in [0, 0.05) is 42.9 Å². The van der Waals surface area contributed by atoms with Crippen molar-refractivity contribution in [2.45, 2.75) is 17.9 Å². The fraction of sp³-hybridized carbons (Fsp3) is 0.533. The van der Waals surface area contributed by atoms with Gasteiger partial charge >= 0.3 is 0 Å². The molecule has 4 nitrogen and oxygen atoms in total. The number of benzene rings is 1. The number of carbonyl (C=O) groups is 1. The van der Waals surface area contributed by atoms with Crippen molar-refractivity contribution in [3.05, 3.63) is 24.3 Å². The summed E-state index contributed by atoms with van der Waals surface area (Å²) in [6.07, 6.45) is 0. The van der Waals surface area contributed by atoms with Gasteiger partial charge in [-0.05, 0) is 19.1 Å². The number of amides is 1. The van der Waals surface area contributed by atoms with E-state index >= 15 is 0 Å². The SMILES string of the molecule is CC1CN(CC(=O)N2CCSc3ccccc32)CCN1.Cl. The Bertz CT molecular complexity index is 500. The predicted octanol–water partition coefficient (Wildman–Crippen LogP) is 1.84. The number of carbonyl (C=O) groups excluding carboxylic acids is 1. The molecule has 1 aromatic rings. The van der Waals surface area contributed by atoms with Crippen molar-refractivity contribution in [1.29, 1.82) is 0 Å². The third-order valence-corrected chi connectivity index (χ3v) is 4.88. The minimum atomic E-state index is 0. The van der Waals surface area contributed by atoms with Crippen LogP contribution < -0.4 is 10.2 Å². The molecule has 0 bridgehead atoms. The number of nitrogens with one attached hydrogen (secondary N) is 1. The standard InChI is InChI=1S/C15H21N3OS.ClH/c1-12-10-17(7-6-16-12)11-15(19)18-8-9-20-14-5-3-2-4-13(14)18;/h2-5,12,16H,6-11H2,1H3;1H. The van der Waals surface area contributed by atoms with Crippen molar-refractivity contribution in [3.8, 4) is 0 Å². The number of hydrogen-bond donors (Lipinski definition) is 1. The van der Waals surface area contributed by atoms with E-state index in [-0.39, 0.29) is 18.3 Å². The summed E-state index contributed by atoms with van der Waals surface area (Å²) in [5.74, 6) is 1.22. The quantitative estimate of drug-likeness (QED) is 0.899. The number of fused-ring (bicyclic) bond motifs is 1. The van der Waals surface area contributed by atoms with Gasteiger partial charge < -0.3 is 10.2 Å². The molecule has 1 unspecified atom stereocenters. The molecule has 1 N–H and O–H groups in total. The van der Waals surface area contributed by atoms with Crippen LogP contribution in [0.2, 0.25) is 0 Å². The van der Waals surface area contributed by atoms with Crippen LogP contribution in [0.4, 0.5) is 5.69 Å². The highest BCUT2D eigenvalue weighted by atomic mass is 35.5. The summed E-state index contributed by atoms with van der Waals surface area (Å²) in [5, 5.41) is 3.41. The number of anilines is 1. The number of halogens is 1. The Kier molecular flexibility index (Phi) is 5.93. The van der Waals surface area contributed by atoms with Crippen molar-refractivity contribution in [2.24, 2.45) is 0 Å². The van der Waals surface area contributed by atoms with Crippen molar-refractivity contribution in [1.82, 2.24) is 10.2 Å². The van der Waals surface area contributed by atoms with Crippen LogP contribution in [0.1, 0.15) is 6.92 Å². The molecule has 3 rings (SSSR count). The highest BCUT2D eigenvalue weighted by Crippen LogP contribution is 2.34. The van der Waals surface area contributed by atoms with Crippen molar-refractivity contribution in [3.63, 3.8) is 0 Å². The number of nitrogens with zero attached hydrogens (tertiary/aromatic N) is 2. The van der Waals surface area contributed by atoms with Gasteiger partial charge in [-0.25, -0.2) is 0 Å². The van der Waals surface area contributed by atoms with E-state index in [0.717, 1.165) is 37.6 Å². The maximum atomic E-state index is 12.6. The van der Waals surface area contributed by atoms with Gasteiger partial charge in [0.15, 0.2) is 0 Å². The minimum absolute atomic E-state index is 0. The summed E-state index contributed by atoms with van der Waals surface area (Å²) >= 11 is 1.84. The third-order valence-electron chi connectivity index (χ3n) is 3.84. The average Bonchev–Trinajstić information content (AvgIpc) is 2.46. The summed E-state index contributed by atoms with van der Waals surface area (Å²) in [7, 11) is 0. The van der Waals surface area contributed by atoms with Gasteiger partial charge in [0.1, 0.15) is 0 Å². The lowest BCUT2D eigenvalue weighted by molar-refractivity contribution is -0.120. The number of piperazine rings is 1. The molecule has 1 aromatic carbocycles. The zero-order chi connectivity index (χ0) is 13.9. The van der Waals surface area contributed by atoms with E-state index in [2.05, 4.69) is 29.3 Å². The van der Waals surface area contributed by atoms with E-state index in [4.69, 9.17) is 0 Å². The van der Waals surface area contributed by atoms with Crippen LogP contribution in [-0.4, -0.2) is 55.3 Å². The smallest absolute Gasteiger partial charge is 0.241 e. The van der Waals surface area contributed by atoms with Gasteiger partial charge in [-0.1, -0.05) is 12.1 Å². The molecule has 21 heavy (non-hydrogen) atoms. The van der Waals surface area contributed by atoms with Gasteiger partial charge in [-0.3, -0.25) is 9.69 Å². The Morgan fingerprint density at radius 1 is 1.38 bits per heavy atom. The zero-order valence-electron chi connectivity index (χ0n) is 12.2. The Hall–Kier alpha value is -0.750. The van der Waals surface area contributed by atoms with Gasteiger partial charge in [-0.15, -0.1) is 24.2 Å². The molecule has 2 aliphatic rings. The fourth-order valence-electron chi connectivity index (χ4n) is 2.86. The predicted molar refractivity (Wildman–Crippen MR) is 90.7 cm³/mol. The van der Waals surface area contributed by atoms with Gasteiger partial charge in [0.2, 0.25) is 5.91 Å². The molecule has 2 aliphatic heterocycles. The number of rotatable bonds is 2.